The van der Waals surface area contributed by atoms with Gasteiger partial charge in [-0.3, -0.25) is 0 Å². The fourth-order valence-electron chi connectivity index (χ4n) is 1.36. The first-order valence-electron chi connectivity index (χ1n) is 4.96. The van der Waals surface area contributed by atoms with Crippen molar-refractivity contribution in [2.45, 2.75) is 15.7 Å². The Hall–Kier alpha value is -1.12. The molecule has 16 heavy (non-hydrogen) atoms. The molecule has 1 nitrogen and oxygen atoms in total. The fourth-order valence-corrected chi connectivity index (χ4v) is 2.42. The molecule has 2 N–H and O–H groups in total. The summed E-state index contributed by atoms with van der Waals surface area (Å²) in [6.45, 7) is 0. The van der Waals surface area contributed by atoms with E-state index in [4.69, 9.17) is 17.3 Å². The van der Waals surface area contributed by atoms with Crippen LogP contribution in [0.5, 0.6) is 0 Å². The molecule has 0 saturated carbocycles. The van der Waals surface area contributed by atoms with E-state index in [1.807, 2.05) is 30.3 Å². The molecule has 0 aliphatic heterocycles. The van der Waals surface area contributed by atoms with E-state index in [2.05, 4.69) is 18.2 Å². The minimum absolute atomic E-state index is 0.559. The van der Waals surface area contributed by atoms with Crippen LogP contribution >= 0.6 is 23.4 Å². The maximum Gasteiger partial charge on any atom is 0.0474 e. The minimum Gasteiger partial charge on any atom is -0.399 e. The second-order valence-corrected chi connectivity index (χ2v) is 4.87. The van der Waals surface area contributed by atoms with E-state index in [-0.39, 0.29) is 0 Å². The Morgan fingerprint density at radius 1 is 1.00 bits per heavy atom. The van der Waals surface area contributed by atoms with Crippen LogP contribution in [0.3, 0.4) is 0 Å². The molecule has 0 heterocycles. The number of hydrogen-bond acceptors (Lipinski definition) is 2. The lowest BCUT2D eigenvalue weighted by Crippen LogP contribution is -1.83. The van der Waals surface area contributed by atoms with Crippen molar-refractivity contribution in [3.63, 3.8) is 0 Å². The van der Waals surface area contributed by atoms with Crippen molar-refractivity contribution in [2.24, 2.45) is 0 Å². The highest BCUT2D eigenvalue weighted by molar-refractivity contribution is 7.99. The summed E-state index contributed by atoms with van der Waals surface area (Å²) in [7, 11) is 0. The summed E-state index contributed by atoms with van der Waals surface area (Å²) < 4.78 is 0. The van der Waals surface area contributed by atoms with Crippen LogP contribution in [0.1, 0.15) is 5.56 Å². The van der Waals surface area contributed by atoms with Crippen molar-refractivity contribution >= 4 is 29.1 Å². The molecule has 2 rings (SSSR count). The zero-order valence-electron chi connectivity index (χ0n) is 8.69. The number of anilines is 1. The number of rotatable bonds is 3. The van der Waals surface area contributed by atoms with E-state index in [1.54, 1.807) is 11.8 Å². The van der Waals surface area contributed by atoms with Gasteiger partial charge in [-0.1, -0.05) is 30.0 Å². The SMILES string of the molecule is Nc1cccc(Sc2ccc(CCl)cc2)c1. The molecule has 0 aliphatic rings. The summed E-state index contributed by atoms with van der Waals surface area (Å²) in [5.74, 6) is 0.559. The van der Waals surface area contributed by atoms with Crippen LogP contribution < -0.4 is 5.73 Å². The quantitative estimate of drug-likeness (QED) is 0.653. The summed E-state index contributed by atoms with van der Waals surface area (Å²) in [6, 6.07) is 16.1. The van der Waals surface area contributed by atoms with Gasteiger partial charge in [0.2, 0.25) is 0 Å². The Kier molecular flexibility index (Phi) is 3.75. The van der Waals surface area contributed by atoms with Crippen LogP contribution in [-0.2, 0) is 5.88 Å². The van der Waals surface area contributed by atoms with Gasteiger partial charge in [0.1, 0.15) is 0 Å². The summed E-state index contributed by atoms with van der Waals surface area (Å²) in [6.07, 6.45) is 0. The van der Waals surface area contributed by atoms with E-state index in [0.29, 0.717) is 5.88 Å². The van der Waals surface area contributed by atoms with Crippen molar-refractivity contribution in [2.75, 3.05) is 5.73 Å². The predicted octanol–water partition coefficient (Wildman–Crippen LogP) is 4.16. The number of alkyl halides is 1. The lowest BCUT2D eigenvalue weighted by atomic mass is 10.2. The van der Waals surface area contributed by atoms with E-state index in [0.717, 1.165) is 16.1 Å². The Labute approximate surface area is 105 Å². The number of nitrogen functional groups attached to an aromatic ring is 1. The largest absolute Gasteiger partial charge is 0.399 e. The van der Waals surface area contributed by atoms with Gasteiger partial charge in [-0.15, -0.1) is 11.6 Å². The maximum atomic E-state index is 5.74. The molecule has 0 amide bonds. The van der Waals surface area contributed by atoms with E-state index >= 15 is 0 Å². The van der Waals surface area contributed by atoms with Gasteiger partial charge in [0.25, 0.3) is 0 Å². The molecular weight excluding hydrogens is 238 g/mol. The second-order valence-electron chi connectivity index (χ2n) is 3.45. The Morgan fingerprint density at radius 2 is 1.75 bits per heavy atom. The van der Waals surface area contributed by atoms with Gasteiger partial charge in [0.15, 0.2) is 0 Å². The highest BCUT2D eigenvalue weighted by Gasteiger charge is 1.98. The molecule has 0 fully saturated rings. The molecule has 0 unspecified atom stereocenters. The molecule has 0 radical (unpaired) electrons. The van der Waals surface area contributed by atoms with Gasteiger partial charge in [0.05, 0.1) is 0 Å². The Morgan fingerprint density at radius 3 is 2.38 bits per heavy atom. The van der Waals surface area contributed by atoms with Gasteiger partial charge < -0.3 is 5.73 Å². The normalized spacial score (nSPS) is 10.3. The van der Waals surface area contributed by atoms with E-state index in [1.165, 1.54) is 4.90 Å². The molecule has 0 spiro atoms. The average Bonchev–Trinajstić information content (AvgIpc) is 2.30. The third-order valence-electron chi connectivity index (χ3n) is 2.17. The molecule has 0 aliphatic carbocycles. The van der Waals surface area contributed by atoms with Crippen LogP contribution in [0.25, 0.3) is 0 Å². The lowest BCUT2D eigenvalue weighted by molar-refractivity contribution is 1.33. The van der Waals surface area contributed by atoms with Gasteiger partial charge in [-0.25, -0.2) is 0 Å². The van der Waals surface area contributed by atoms with Gasteiger partial charge in [-0.05, 0) is 35.9 Å². The first kappa shape index (κ1) is 11.4. The zero-order valence-corrected chi connectivity index (χ0v) is 10.3. The molecule has 0 atom stereocenters. The summed E-state index contributed by atoms with van der Waals surface area (Å²) in [5, 5.41) is 0. The summed E-state index contributed by atoms with van der Waals surface area (Å²) in [4.78, 5) is 2.35. The van der Waals surface area contributed by atoms with Crippen molar-refractivity contribution in [3.05, 3.63) is 54.1 Å². The number of nitrogens with two attached hydrogens (primary N) is 1. The molecule has 3 heteroatoms. The number of hydrogen-bond donors (Lipinski definition) is 1. The summed E-state index contributed by atoms with van der Waals surface area (Å²) in [5.41, 5.74) is 7.66. The standard InChI is InChI=1S/C13H12ClNS/c14-9-10-4-6-12(7-5-10)16-13-3-1-2-11(15)8-13/h1-8H,9,15H2. The predicted molar refractivity (Wildman–Crippen MR) is 71.0 cm³/mol. The molecule has 0 saturated heterocycles. The lowest BCUT2D eigenvalue weighted by Gasteiger charge is -2.03. The van der Waals surface area contributed by atoms with Crippen molar-refractivity contribution in [3.8, 4) is 0 Å². The fraction of sp³-hybridized carbons (Fsp3) is 0.0769. The van der Waals surface area contributed by atoms with Crippen LogP contribution in [0, 0.1) is 0 Å². The topological polar surface area (TPSA) is 26.0 Å². The van der Waals surface area contributed by atoms with Gasteiger partial charge >= 0.3 is 0 Å². The first-order chi connectivity index (χ1) is 7.78. The number of benzene rings is 2. The van der Waals surface area contributed by atoms with Crippen LogP contribution in [0.4, 0.5) is 5.69 Å². The first-order valence-corrected chi connectivity index (χ1v) is 6.31. The second kappa shape index (κ2) is 5.28. The summed E-state index contributed by atoms with van der Waals surface area (Å²) >= 11 is 7.43. The molecule has 2 aromatic rings. The molecular formula is C13H12ClNS. The van der Waals surface area contributed by atoms with Crippen molar-refractivity contribution < 1.29 is 0 Å². The van der Waals surface area contributed by atoms with Crippen molar-refractivity contribution in [1.82, 2.24) is 0 Å². The number of halogens is 1. The Bertz CT molecular complexity index is 468. The minimum atomic E-state index is 0.559. The van der Waals surface area contributed by atoms with Crippen LogP contribution in [0.2, 0.25) is 0 Å². The van der Waals surface area contributed by atoms with Crippen molar-refractivity contribution in [1.29, 1.82) is 0 Å². The monoisotopic (exact) mass is 249 g/mol. The average molecular weight is 250 g/mol. The van der Waals surface area contributed by atoms with Crippen LogP contribution in [0.15, 0.2) is 58.3 Å². The third kappa shape index (κ3) is 2.94. The molecule has 82 valence electrons. The third-order valence-corrected chi connectivity index (χ3v) is 3.48. The van der Waals surface area contributed by atoms with Gasteiger partial charge in [-0.2, -0.15) is 0 Å². The molecule has 2 aromatic carbocycles. The maximum absolute atomic E-state index is 5.74. The smallest absolute Gasteiger partial charge is 0.0474 e. The van der Waals surface area contributed by atoms with E-state index < -0.39 is 0 Å². The van der Waals surface area contributed by atoms with Crippen LogP contribution in [-0.4, -0.2) is 0 Å². The zero-order chi connectivity index (χ0) is 11.4. The van der Waals surface area contributed by atoms with Gasteiger partial charge in [0, 0.05) is 21.4 Å². The molecule has 0 bridgehead atoms. The highest BCUT2D eigenvalue weighted by atomic mass is 35.5. The van der Waals surface area contributed by atoms with E-state index in [9.17, 15) is 0 Å². The molecule has 0 aromatic heterocycles. The highest BCUT2D eigenvalue weighted by Crippen LogP contribution is 2.28. The Balaban J connectivity index is 2.14.